The molecule has 0 aliphatic heterocycles. The van der Waals surface area contributed by atoms with Gasteiger partial charge in [0.1, 0.15) is 17.5 Å². The van der Waals surface area contributed by atoms with Gasteiger partial charge in [-0.15, -0.1) is 11.3 Å². The Morgan fingerprint density at radius 2 is 1.02 bits per heavy atom. The molecule has 0 amide bonds. The lowest BCUT2D eigenvalue weighted by atomic mass is 9.83. The predicted molar refractivity (Wildman–Crippen MR) is 241 cm³/mol. The fourth-order valence-electron chi connectivity index (χ4n) is 5.58. The molecule has 0 aliphatic rings. The number of pyridine rings is 1. The lowest BCUT2D eigenvalue weighted by Crippen LogP contribution is -2.19. The van der Waals surface area contributed by atoms with Crippen LogP contribution >= 0.6 is 34.5 Å². The maximum absolute atomic E-state index is 13.1. The average Bonchev–Trinajstić information content (AvgIpc) is 3.54. The van der Waals surface area contributed by atoms with E-state index < -0.39 is 34.6 Å². The molecule has 0 aliphatic carbocycles. The van der Waals surface area contributed by atoms with Gasteiger partial charge >= 0.3 is 6.18 Å². The smallest absolute Gasteiger partial charge is 0.258 e. The molecule has 0 N–H and O–H groups in total. The molecule has 1 nitrogen and oxygen atoms in total. The predicted octanol–water partition coefficient (Wildman–Crippen LogP) is 17.7. The van der Waals surface area contributed by atoms with E-state index in [9.17, 15) is 35.1 Å². The van der Waals surface area contributed by atoms with Crippen LogP contribution in [-0.4, -0.2) is 4.98 Å². The molecule has 3 aromatic carbocycles. The largest absolute Gasteiger partial charge is 0.416 e. The Bertz CT molecular complexity index is 2140. The third kappa shape index (κ3) is 18.0. The van der Waals surface area contributed by atoms with E-state index in [1.807, 2.05) is 66.0 Å². The van der Waals surface area contributed by atoms with Gasteiger partial charge in [-0.3, -0.25) is 4.98 Å². The van der Waals surface area contributed by atoms with E-state index in [4.69, 9.17) is 23.2 Å². The van der Waals surface area contributed by atoms with Crippen LogP contribution in [0.3, 0.4) is 0 Å². The molecule has 0 saturated carbocycles. The van der Waals surface area contributed by atoms with Crippen molar-refractivity contribution in [2.75, 3.05) is 0 Å². The van der Waals surface area contributed by atoms with Gasteiger partial charge in [0.05, 0.1) is 21.8 Å². The van der Waals surface area contributed by atoms with Crippen molar-refractivity contribution in [1.29, 1.82) is 0 Å². The van der Waals surface area contributed by atoms with Crippen LogP contribution in [0.25, 0.3) is 0 Å². The van der Waals surface area contributed by atoms with Crippen molar-refractivity contribution in [3.63, 3.8) is 0 Å². The summed E-state index contributed by atoms with van der Waals surface area (Å²) in [5.74, 6) is -3.12. The van der Waals surface area contributed by atoms with Crippen molar-refractivity contribution in [3.8, 4) is 0 Å². The summed E-state index contributed by atoms with van der Waals surface area (Å²) in [6.45, 7) is 31.4. The minimum Gasteiger partial charge on any atom is -0.258 e. The summed E-state index contributed by atoms with van der Waals surface area (Å²) in [5, 5.41) is 2.81. The second kappa shape index (κ2) is 21.7. The van der Waals surface area contributed by atoms with Gasteiger partial charge < -0.3 is 0 Å². The molecule has 12 heteroatoms. The number of benzene rings is 3. The van der Waals surface area contributed by atoms with Crippen LogP contribution in [0.5, 0.6) is 0 Å². The first-order valence-electron chi connectivity index (χ1n) is 19.5. The van der Waals surface area contributed by atoms with Gasteiger partial charge in [0.15, 0.2) is 11.6 Å². The monoisotopic (exact) mass is 917 g/mol. The van der Waals surface area contributed by atoms with Crippen molar-refractivity contribution >= 4 is 34.5 Å². The molecule has 0 unspecified atom stereocenters. The second-order valence-corrected chi connectivity index (χ2v) is 21.2. The Morgan fingerprint density at radius 1 is 0.508 bits per heavy atom. The van der Waals surface area contributed by atoms with Crippen molar-refractivity contribution in [3.05, 3.63) is 156 Å². The van der Waals surface area contributed by atoms with Gasteiger partial charge in [0, 0.05) is 16.0 Å². The van der Waals surface area contributed by atoms with E-state index in [1.165, 1.54) is 35.3 Å². The first kappa shape index (κ1) is 55.5. The average molecular weight is 919 g/mol. The van der Waals surface area contributed by atoms with Crippen LogP contribution < -0.4 is 0 Å². The molecule has 0 spiro atoms. The first-order valence-corrected chi connectivity index (χ1v) is 21.2. The number of alkyl halides is 3. The zero-order chi connectivity index (χ0) is 47.7. The highest BCUT2D eigenvalue weighted by Crippen LogP contribution is 2.38. The topological polar surface area (TPSA) is 12.9 Å². The molecule has 61 heavy (non-hydrogen) atoms. The van der Waals surface area contributed by atoms with Gasteiger partial charge in [-0.05, 0) is 98.7 Å². The summed E-state index contributed by atoms with van der Waals surface area (Å²) in [5.41, 5.74) is 1.92. The van der Waals surface area contributed by atoms with Gasteiger partial charge in [0.25, 0.3) is 0 Å². The third-order valence-electron chi connectivity index (χ3n) is 8.81. The van der Waals surface area contributed by atoms with Crippen LogP contribution in [-0.2, 0) is 33.3 Å². The zero-order valence-corrected chi connectivity index (χ0v) is 40.5. The molecule has 0 fully saturated rings. The molecular weight excluding hydrogens is 858 g/mol. The highest BCUT2D eigenvalue weighted by atomic mass is 35.5. The van der Waals surface area contributed by atoms with Crippen LogP contribution in [0.1, 0.15) is 142 Å². The number of rotatable bonds is 0. The Labute approximate surface area is 373 Å². The van der Waals surface area contributed by atoms with Crippen LogP contribution in [0.4, 0.5) is 35.1 Å². The van der Waals surface area contributed by atoms with Crippen molar-refractivity contribution in [2.24, 2.45) is 0 Å². The van der Waals surface area contributed by atoms with Crippen molar-refractivity contribution in [1.82, 2.24) is 4.98 Å². The molecule has 338 valence electrons. The van der Waals surface area contributed by atoms with Crippen molar-refractivity contribution < 1.29 is 35.1 Å². The van der Waals surface area contributed by atoms with E-state index in [-0.39, 0.29) is 43.9 Å². The number of nitrogens with zero attached hydrogens (tertiary/aromatic N) is 1. The molecule has 0 saturated heterocycles. The van der Waals surface area contributed by atoms with Crippen LogP contribution in [0, 0.1) is 36.0 Å². The normalized spacial score (nSPS) is 12.1. The molecule has 2 aromatic heterocycles. The SMILES string of the molecule is CC(C)(C)c1ccc(F)c(F)c1Cl.CC(C)(C)c1ccc(F)cc1C(F)(F)F.CC(C)(C)c1ccc(F)cn1.CC(C)(C)c1sccc1Cl.Cc1c(F)cccc1C(C)(C)C. The minimum atomic E-state index is -4.51. The minimum absolute atomic E-state index is 0.00764. The zero-order valence-electron chi connectivity index (χ0n) is 38.1. The fourth-order valence-corrected chi connectivity index (χ4v) is 7.44. The molecule has 5 aromatic rings. The maximum atomic E-state index is 13.1. The maximum Gasteiger partial charge on any atom is 0.416 e. The highest BCUT2D eigenvalue weighted by molar-refractivity contribution is 7.10. The molecule has 0 radical (unpaired) electrons. The molecule has 5 rings (SSSR count). The molecular formula is C49H61Cl2F8NS. The summed E-state index contributed by atoms with van der Waals surface area (Å²) in [6.07, 6.45) is -3.26. The summed E-state index contributed by atoms with van der Waals surface area (Å²) in [4.78, 5) is 5.25. The van der Waals surface area contributed by atoms with Gasteiger partial charge in [-0.25, -0.2) is 22.0 Å². The number of halogens is 10. The number of aromatic nitrogens is 1. The summed E-state index contributed by atoms with van der Waals surface area (Å²) in [6, 6.07) is 15.8. The Balaban J connectivity index is 0.000000384. The fraction of sp³-hybridized carbons (Fsp3) is 0.449. The van der Waals surface area contributed by atoms with E-state index in [2.05, 4.69) is 46.5 Å². The lowest BCUT2D eigenvalue weighted by Gasteiger charge is -2.24. The van der Waals surface area contributed by atoms with Gasteiger partial charge in [-0.2, -0.15) is 13.2 Å². The number of hydrogen-bond acceptors (Lipinski definition) is 2. The Hall–Kier alpha value is -3.47. The number of thiophene rings is 1. The van der Waals surface area contributed by atoms with Gasteiger partial charge in [0.2, 0.25) is 0 Å². The van der Waals surface area contributed by atoms with Crippen LogP contribution in [0.2, 0.25) is 10.0 Å². The van der Waals surface area contributed by atoms with Crippen LogP contribution in [0.15, 0.2) is 78.3 Å². The van der Waals surface area contributed by atoms with Crippen molar-refractivity contribution in [2.45, 2.75) is 144 Å². The lowest BCUT2D eigenvalue weighted by molar-refractivity contribution is -0.138. The standard InChI is InChI=1S/C11H12F4.C11H15F.C10H11ClF2.C9H12FN.C8H11ClS/c1-10(2,3)8-5-4-7(12)6-9(8)11(13,14)15;1-8-9(11(2,3)4)6-5-7-10(8)12;1-10(2,3)6-4-5-7(12)9(13)8(6)11;1-9(2,3)8-5-4-7(10)6-11-8;1-8(2,3)7-6(9)4-5-10-7/h4-6H,1-3H3;5-7H,1-4H3;4-5H,1-3H3;4-6H,1-3H3;4-5H,1-3H3. The quantitative estimate of drug-likeness (QED) is 0.111. The molecule has 0 atom stereocenters. The van der Waals surface area contributed by atoms with Gasteiger partial charge in [-0.1, -0.05) is 151 Å². The van der Waals surface area contributed by atoms with E-state index >= 15 is 0 Å². The molecule has 2 heterocycles. The van der Waals surface area contributed by atoms with E-state index in [1.54, 1.807) is 44.2 Å². The first-order chi connectivity index (χ1) is 27.4. The second-order valence-electron chi connectivity index (χ2n) is 19.5. The Morgan fingerprint density at radius 3 is 1.39 bits per heavy atom. The molecule has 0 bridgehead atoms. The van der Waals surface area contributed by atoms with E-state index in [0.717, 1.165) is 34.0 Å². The highest BCUT2D eigenvalue weighted by Gasteiger charge is 2.36. The third-order valence-corrected chi connectivity index (χ3v) is 10.9. The number of hydrogen-bond donors (Lipinski definition) is 0. The Kier molecular flexibility index (Phi) is 19.8. The summed E-state index contributed by atoms with van der Waals surface area (Å²) < 4.78 is 102. The van der Waals surface area contributed by atoms with E-state index in [0.29, 0.717) is 11.6 Å². The summed E-state index contributed by atoms with van der Waals surface area (Å²) in [7, 11) is 0. The summed E-state index contributed by atoms with van der Waals surface area (Å²) >= 11 is 13.3.